The number of rotatable bonds is 4. The lowest BCUT2D eigenvalue weighted by atomic mass is 10.2. The van der Waals surface area contributed by atoms with Gasteiger partial charge in [0.1, 0.15) is 5.82 Å². The molecule has 98 valence electrons. The van der Waals surface area contributed by atoms with Gasteiger partial charge >= 0.3 is 0 Å². The van der Waals surface area contributed by atoms with Crippen molar-refractivity contribution in [1.29, 1.82) is 0 Å². The van der Waals surface area contributed by atoms with Crippen LogP contribution in [-0.4, -0.2) is 11.0 Å². The minimum atomic E-state index is 0.550. The molecule has 2 N–H and O–H groups in total. The number of hydrogen-bond donors (Lipinski definition) is 1. The maximum absolute atomic E-state index is 6.28. The lowest BCUT2D eigenvalue weighted by Crippen LogP contribution is -2.26. The topological polar surface area (TPSA) is 42.1 Å². The van der Waals surface area contributed by atoms with Gasteiger partial charge in [-0.05, 0) is 24.5 Å². The van der Waals surface area contributed by atoms with Gasteiger partial charge in [-0.25, -0.2) is 4.98 Å². The molecule has 0 unspecified atom stereocenters. The van der Waals surface area contributed by atoms with Gasteiger partial charge in [-0.15, -0.1) is 0 Å². The first-order valence-corrected chi connectivity index (χ1v) is 6.83. The molecule has 1 fully saturated rings. The third-order valence-electron chi connectivity index (χ3n) is 3.30. The number of pyridine rings is 1. The van der Waals surface area contributed by atoms with Crippen molar-refractivity contribution in [2.24, 2.45) is 0 Å². The quantitative estimate of drug-likeness (QED) is 0.927. The van der Waals surface area contributed by atoms with E-state index in [0.29, 0.717) is 16.8 Å². The van der Waals surface area contributed by atoms with Crippen LogP contribution in [0.4, 0.5) is 11.5 Å². The van der Waals surface area contributed by atoms with Crippen LogP contribution in [0.1, 0.15) is 18.4 Å². The summed E-state index contributed by atoms with van der Waals surface area (Å²) in [6.07, 6.45) is 4.08. The summed E-state index contributed by atoms with van der Waals surface area (Å²) < 4.78 is 0. The number of nitrogens with zero attached hydrogens (tertiary/aromatic N) is 2. The summed E-state index contributed by atoms with van der Waals surface area (Å²) in [4.78, 5) is 6.68. The first-order chi connectivity index (χ1) is 9.24. The number of nitrogen functional groups attached to an aromatic ring is 1. The number of hydrogen-bond acceptors (Lipinski definition) is 3. The van der Waals surface area contributed by atoms with Crippen LogP contribution in [0.25, 0.3) is 0 Å². The lowest BCUT2D eigenvalue weighted by Gasteiger charge is -2.24. The molecule has 1 aliphatic rings. The Labute approximate surface area is 118 Å². The lowest BCUT2D eigenvalue weighted by molar-refractivity contribution is 0.779. The summed E-state index contributed by atoms with van der Waals surface area (Å²) in [5, 5.41) is 0.628. The molecular formula is C15H16ClN3. The molecule has 0 atom stereocenters. The molecule has 1 saturated carbocycles. The smallest absolute Gasteiger partial charge is 0.148 e. The predicted octanol–water partition coefficient (Wildman–Crippen LogP) is 3.49. The molecule has 0 aliphatic heterocycles. The van der Waals surface area contributed by atoms with E-state index in [4.69, 9.17) is 17.3 Å². The molecule has 0 radical (unpaired) electrons. The first-order valence-electron chi connectivity index (χ1n) is 6.45. The molecule has 3 rings (SSSR count). The number of anilines is 2. The third kappa shape index (κ3) is 2.82. The van der Waals surface area contributed by atoms with E-state index in [1.54, 1.807) is 12.3 Å². The fourth-order valence-electron chi connectivity index (χ4n) is 2.20. The normalized spacial score (nSPS) is 14.4. The van der Waals surface area contributed by atoms with Crippen molar-refractivity contribution in [2.75, 3.05) is 10.6 Å². The van der Waals surface area contributed by atoms with Gasteiger partial charge < -0.3 is 10.6 Å². The highest BCUT2D eigenvalue weighted by atomic mass is 35.5. The highest BCUT2D eigenvalue weighted by Crippen LogP contribution is 2.36. The third-order valence-corrected chi connectivity index (χ3v) is 3.58. The molecule has 2 aromatic rings. The highest BCUT2D eigenvalue weighted by Gasteiger charge is 2.31. The second kappa shape index (κ2) is 5.10. The van der Waals surface area contributed by atoms with Crippen molar-refractivity contribution < 1.29 is 0 Å². The molecule has 0 bridgehead atoms. The Bertz CT molecular complexity index is 567. The van der Waals surface area contributed by atoms with Crippen molar-refractivity contribution in [3.8, 4) is 0 Å². The van der Waals surface area contributed by atoms with E-state index in [0.717, 1.165) is 12.4 Å². The maximum atomic E-state index is 6.28. The van der Waals surface area contributed by atoms with E-state index >= 15 is 0 Å². The van der Waals surface area contributed by atoms with Crippen LogP contribution in [0.3, 0.4) is 0 Å². The molecule has 1 aromatic carbocycles. The monoisotopic (exact) mass is 273 g/mol. The van der Waals surface area contributed by atoms with Gasteiger partial charge in [0.2, 0.25) is 0 Å². The van der Waals surface area contributed by atoms with E-state index in [-0.39, 0.29) is 0 Å². The average Bonchev–Trinajstić information content (AvgIpc) is 3.22. The Morgan fingerprint density at radius 1 is 1.26 bits per heavy atom. The molecule has 19 heavy (non-hydrogen) atoms. The molecule has 1 aliphatic carbocycles. The van der Waals surface area contributed by atoms with Crippen molar-refractivity contribution in [1.82, 2.24) is 4.98 Å². The van der Waals surface area contributed by atoms with Gasteiger partial charge in [-0.2, -0.15) is 0 Å². The number of benzene rings is 1. The van der Waals surface area contributed by atoms with Crippen LogP contribution >= 0.6 is 11.6 Å². The Hall–Kier alpha value is -1.74. The largest absolute Gasteiger partial charge is 0.397 e. The van der Waals surface area contributed by atoms with Crippen LogP contribution in [0.15, 0.2) is 42.6 Å². The zero-order chi connectivity index (χ0) is 13.2. The van der Waals surface area contributed by atoms with E-state index in [1.807, 2.05) is 6.07 Å². The van der Waals surface area contributed by atoms with Crippen LogP contribution in [0.5, 0.6) is 0 Å². The predicted molar refractivity (Wildman–Crippen MR) is 79.3 cm³/mol. The van der Waals surface area contributed by atoms with Gasteiger partial charge in [0.15, 0.2) is 0 Å². The maximum Gasteiger partial charge on any atom is 0.148 e. The summed E-state index contributed by atoms with van der Waals surface area (Å²) in [5.74, 6) is 0.835. The first kappa shape index (κ1) is 12.3. The highest BCUT2D eigenvalue weighted by molar-refractivity contribution is 6.33. The van der Waals surface area contributed by atoms with Crippen LogP contribution in [0.2, 0.25) is 5.02 Å². The van der Waals surface area contributed by atoms with Crippen molar-refractivity contribution >= 4 is 23.1 Å². The standard InChI is InChI=1S/C15H16ClN3/c16-14-8-12(17)9-18-15(14)19(13-6-7-13)10-11-4-2-1-3-5-11/h1-5,8-9,13H,6-7,10,17H2. The van der Waals surface area contributed by atoms with Crippen LogP contribution < -0.4 is 10.6 Å². The van der Waals surface area contributed by atoms with Gasteiger partial charge in [-0.1, -0.05) is 41.9 Å². The fraction of sp³-hybridized carbons (Fsp3) is 0.267. The van der Waals surface area contributed by atoms with E-state index in [2.05, 4.69) is 34.1 Å². The van der Waals surface area contributed by atoms with Gasteiger partial charge in [0, 0.05) is 12.6 Å². The van der Waals surface area contributed by atoms with Crippen LogP contribution in [-0.2, 0) is 6.54 Å². The Kier molecular flexibility index (Phi) is 3.30. The average molecular weight is 274 g/mol. The number of nitrogens with two attached hydrogens (primary N) is 1. The molecule has 0 amide bonds. The van der Waals surface area contributed by atoms with Crippen molar-refractivity contribution in [3.63, 3.8) is 0 Å². The van der Waals surface area contributed by atoms with Crippen molar-refractivity contribution in [3.05, 3.63) is 53.2 Å². The Morgan fingerprint density at radius 2 is 2.00 bits per heavy atom. The summed E-state index contributed by atoms with van der Waals surface area (Å²) >= 11 is 6.28. The SMILES string of the molecule is Nc1cnc(N(Cc2ccccc2)C2CC2)c(Cl)c1. The van der Waals surface area contributed by atoms with Crippen molar-refractivity contribution in [2.45, 2.75) is 25.4 Å². The zero-order valence-corrected chi connectivity index (χ0v) is 11.3. The van der Waals surface area contributed by atoms with Crippen LogP contribution in [0, 0.1) is 0 Å². The summed E-state index contributed by atoms with van der Waals surface area (Å²) in [5.41, 5.74) is 7.58. The second-order valence-corrected chi connectivity index (χ2v) is 5.33. The molecule has 0 spiro atoms. The number of halogens is 1. The molecule has 1 aromatic heterocycles. The Morgan fingerprint density at radius 3 is 2.63 bits per heavy atom. The molecule has 4 heteroatoms. The van der Waals surface area contributed by atoms with Gasteiger partial charge in [0.25, 0.3) is 0 Å². The summed E-state index contributed by atoms with van der Waals surface area (Å²) in [6, 6.07) is 12.7. The van der Waals surface area contributed by atoms with E-state index in [9.17, 15) is 0 Å². The van der Waals surface area contributed by atoms with E-state index in [1.165, 1.54) is 18.4 Å². The summed E-state index contributed by atoms with van der Waals surface area (Å²) in [7, 11) is 0. The summed E-state index contributed by atoms with van der Waals surface area (Å²) in [6.45, 7) is 0.835. The minimum Gasteiger partial charge on any atom is -0.397 e. The second-order valence-electron chi connectivity index (χ2n) is 4.92. The van der Waals surface area contributed by atoms with E-state index < -0.39 is 0 Å². The zero-order valence-electron chi connectivity index (χ0n) is 10.6. The van der Waals surface area contributed by atoms with Gasteiger partial charge in [0.05, 0.1) is 16.9 Å². The molecule has 0 saturated heterocycles. The fourth-order valence-corrected chi connectivity index (χ4v) is 2.48. The van der Waals surface area contributed by atoms with Gasteiger partial charge in [-0.3, -0.25) is 0 Å². The molecule has 1 heterocycles. The number of aromatic nitrogens is 1. The molecular weight excluding hydrogens is 258 g/mol. The molecule has 3 nitrogen and oxygen atoms in total. The Balaban J connectivity index is 1.89. The minimum absolute atomic E-state index is 0.550.